The lowest BCUT2D eigenvalue weighted by molar-refractivity contribution is 0.228. The number of methoxy groups -OCH3 is 1. The van der Waals surface area contributed by atoms with Gasteiger partial charge in [0.05, 0.1) is 13.2 Å². The molecule has 0 heterocycles. The number of hydrogen-bond donors (Lipinski definition) is 2. The van der Waals surface area contributed by atoms with Crippen molar-refractivity contribution in [3.05, 3.63) is 29.8 Å². The maximum atomic E-state index is 12.1. The fraction of sp³-hybridized carbons (Fsp3) is 0.588. The van der Waals surface area contributed by atoms with Crippen molar-refractivity contribution in [2.75, 3.05) is 7.11 Å². The van der Waals surface area contributed by atoms with Gasteiger partial charge in [0, 0.05) is 6.04 Å². The van der Waals surface area contributed by atoms with Crippen LogP contribution in [0.25, 0.3) is 0 Å². The number of nitrogens with one attached hydrogen (secondary N) is 2. The smallest absolute Gasteiger partial charge is 0.315 e. The average Bonchev–Trinajstić information content (AvgIpc) is 2.53. The number of hydrogen-bond acceptors (Lipinski definition) is 2. The molecule has 1 aliphatic rings. The third kappa shape index (κ3) is 4.66. The highest BCUT2D eigenvalue weighted by Gasteiger charge is 2.18. The number of ether oxygens (including phenoxy) is 1. The minimum Gasteiger partial charge on any atom is -0.497 e. The summed E-state index contributed by atoms with van der Waals surface area (Å²) in [5.41, 5.74) is 1.11. The average molecular weight is 290 g/mol. The second kappa shape index (κ2) is 7.91. The summed E-state index contributed by atoms with van der Waals surface area (Å²) >= 11 is 0. The molecule has 2 amide bonds. The Balaban J connectivity index is 1.89. The molecule has 0 unspecified atom stereocenters. The van der Waals surface area contributed by atoms with Crippen molar-refractivity contribution in [3.63, 3.8) is 0 Å². The van der Waals surface area contributed by atoms with Crippen LogP contribution in [0.15, 0.2) is 24.3 Å². The van der Waals surface area contributed by atoms with Gasteiger partial charge in [-0.3, -0.25) is 0 Å². The molecule has 1 aromatic carbocycles. The lowest BCUT2D eigenvalue weighted by Crippen LogP contribution is -2.44. The van der Waals surface area contributed by atoms with Crippen molar-refractivity contribution in [3.8, 4) is 5.75 Å². The summed E-state index contributed by atoms with van der Waals surface area (Å²) in [6, 6.07) is 8.20. The molecule has 2 rings (SSSR count). The first-order valence-electron chi connectivity index (χ1n) is 7.94. The minimum atomic E-state index is -0.0513. The van der Waals surface area contributed by atoms with Crippen LogP contribution in [0.3, 0.4) is 0 Å². The largest absolute Gasteiger partial charge is 0.497 e. The van der Waals surface area contributed by atoms with Crippen LogP contribution in [-0.4, -0.2) is 19.2 Å². The zero-order valence-corrected chi connectivity index (χ0v) is 13.0. The van der Waals surface area contributed by atoms with Gasteiger partial charge in [-0.15, -0.1) is 0 Å². The summed E-state index contributed by atoms with van der Waals surface area (Å²) in [6.45, 7) is 2.08. The molecular weight excluding hydrogens is 264 g/mol. The predicted octanol–water partition coefficient (Wildman–Crippen LogP) is 3.78. The van der Waals surface area contributed by atoms with Crippen molar-refractivity contribution >= 4 is 6.03 Å². The Morgan fingerprint density at radius 3 is 2.48 bits per heavy atom. The van der Waals surface area contributed by atoms with Crippen LogP contribution in [0.1, 0.15) is 57.1 Å². The maximum Gasteiger partial charge on any atom is 0.315 e. The normalized spacial score (nSPS) is 17.0. The number of rotatable bonds is 5. The third-order valence-corrected chi connectivity index (χ3v) is 4.17. The summed E-state index contributed by atoms with van der Waals surface area (Å²) in [5, 5.41) is 6.18. The topological polar surface area (TPSA) is 50.4 Å². The van der Waals surface area contributed by atoms with E-state index in [1.54, 1.807) is 7.11 Å². The first-order valence-corrected chi connectivity index (χ1v) is 7.94. The van der Waals surface area contributed by atoms with Crippen molar-refractivity contribution < 1.29 is 9.53 Å². The Bertz CT molecular complexity index is 439. The Morgan fingerprint density at radius 1 is 1.24 bits per heavy atom. The van der Waals surface area contributed by atoms with E-state index in [2.05, 4.69) is 17.6 Å². The van der Waals surface area contributed by atoms with E-state index in [4.69, 9.17) is 4.74 Å². The van der Waals surface area contributed by atoms with Gasteiger partial charge in [0.25, 0.3) is 0 Å². The van der Waals surface area contributed by atoms with E-state index in [-0.39, 0.29) is 12.1 Å². The van der Waals surface area contributed by atoms with Gasteiger partial charge in [0.2, 0.25) is 0 Å². The molecule has 1 aliphatic carbocycles. The Morgan fingerprint density at radius 2 is 1.90 bits per heavy atom. The SMILES string of the molecule is CC[C@H](NC(=O)NC1CCCCC1)c1ccc(OC)cc1. The molecular formula is C17H26N2O2. The number of amides is 2. The van der Waals surface area contributed by atoms with E-state index in [0.717, 1.165) is 30.6 Å². The highest BCUT2D eigenvalue weighted by Crippen LogP contribution is 2.21. The number of carbonyl (C=O) groups is 1. The highest BCUT2D eigenvalue weighted by atomic mass is 16.5. The number of benzene rings is 1. The summed E-state index contributed by atoms with van der Waals surface area (Å²) in [6.07, 6.45) is 6.81. The van der Waals surface area contributed by atoms with Gasteiger partial charge in [0.1, 0.15) is 5.75 Å². The van der Waals surface area contributed by atoms with Crippen molar-refractivity contribution in [2.24, 2.45) is 0 Å². The van der Waals surface area contributed by atoms with Gasteiger partial charge in [-0.2, -0.15) is 0 Å². The first kappa shape index (κ1) is 15.7. The van der Waals surface area contributed by atoms with Crippen LogP contribution >= 0.6 is 0 Å². The summed E-state index contributed by atoms with van der Waals surface area (Å²) in [7, 11) is 1.65. The highest BCUT2D eigenvalue weighted by molar-refractivity contribution is 5.74. The molecule has 1 atom stereocenters. The number of carbonyl (C=O) groups excluding carboxylic acids is 1. The molecule has 4 heteroatoms. The molecule has 0 radical (unpaired) electrons. The summed E-state index contributed by atoms with van der Waals surface area (Å²) in [5.74, 6) is 0.834. The summed E-state index contributed by atoms with van der Waals surface area (Å²) in [4.78, 5) is 12.1. The zero-order valence-electron chi connectivity index (χ0n) is 13.0. The lowest BCUT2D eigenvalue weighted by Gasteiger charge is -2.25. The molecule has 2 N–H and O–H groups in total. The predicted molar refractivity (Wildman–Crippen MR) is 84.6 cm³/mol. The molecule has 1 aromatic rings. The maximum absolute atomic E-state index is 12.1. The van der Waals surface area contributed by atoms with E-state index < -0.39 is 0 Å². The minimum absolute atomic E-state index is 0.0412. The molecule has 0 aromatic heterocycles. The molecule has 1 saturated carbocycles. The van der Waals surface area contributed by atoms with Gasteiger partial charge in [-0.05, 0) is 37.0 Å². The van der Waals surface area contributed by atoms with E-state index >= 15 is 0 Å². The van der Waals surface area contributed by atoms with E-state index in [9.17, 15) is 4.79 Å². The van der Waals surface area contributed by atoms with E-state index in [1.165, 1.54) is 19.3 Å². The fourth-order valence-electron chi connectivity index (χ4n) is 2.89. The molecule has 0 bridgehead atoms. The summed E-state index contributed by atoms with van der Waals surface area (Å²) < 4.78 is 5.16. The van der Waals surface area contributed by atoms with Crippen molar-refractivity contribution in [1.29, 1.82) is 0 Å². The second-order valence-electron chi connectivity index (χ2n) is 5.69. The Labute approximate surface area is 127 Å². The van der Waals surface area contributed by atoms with Crippen LogP contribution in [-0.2, 0) is 0 Å². The monoisotopic (exact) mass is 290 g/mol. The van der Waals surface area contributed by atoms with Crippen LogP contribution in [0.4, 0.5) is 4.79 Å². The van der Waals surface area contributed by atoms with Gasteiger partial charge in [0.15, 0.2) is 0 Å². The van der Waals surface area contributed by atoms with Gasteiger partial charge in [-0.1, -0.05) is 38.3 Å². The molecule has 0 saturated heterocycles. The van der Waals surface area contributed by atoms with Gasteiger partial charge >= 0.3 is 6.03 Å². The van der Waals surface area contributed by atoms with Crippen LogP contribution < -0.4 is 15.4 Å². The van der Waals surface area contributed by atoms with Crippen molar-refractivity contribution in [1.82, 2.24) is 10.6 Å². The molecule has 21 heavy (non-hydrogen) atoms. The van der Waals surface area contributed by atoms with E-state index in [0.29, 0.717) is 6.04 Å². The second-order valence-corrected chi connectivity index (χ2v) is 5.69. The quantitative estimate of drug-likeness (QED) is 0.867. The fourth-order valence-corrected chi connectivity index (χ4v) is 2.89. The standard InChI is InChI=1S/C17H26N2O2/c1-3-16(13-9-11-15(21-2)12-10-13)19-17(20)18-14-7-5-4-6-8-14/h9-12,14,16H,3-8H2,1-2H3,(H2,18,19,20)/t16-/m0/s1. The van der Waals surface area contributed by atoms with Gasteiger partial charge < -0.3 is 15.4 Å². The molecule has 1 fully saturated rings. The Hall–Kier alpha value is -1.71. The third-order valence-electron chi connectivity index (χ3n) is 4.17. The van der Waals surface area contributed by atoms with Crippen LogP contribution in [0.5, 0.6) is 5.75 Å². The zero-order chi connectivity index (χ0) is 15.1. The lowest BCUT2D eigenvalue weighted by atomic mass is 9.96. The van der Waals surface area contributed by atoms with Crippen LogP contribution in [0.2, 0.25) is 0 Å². The molecule has 0 aliphatic heterocycles. The van der Waals surface area contributed by atoms with Gasteiger partial charge in [-0.25, -0.2) is 4.79 Å². The molecule has 0 spiro atoms. The number of urea groups is 1. The van der Waals surface area contributed by atoms with Crippen LogP contribution in [0, 0.1) is 0 Å². The molecule has 4 nitrogen and oxygen atoms in total. The Kier molecular flexibility index (Phi) is 5.90. The van der Waals surface area contributed by atoms with E-state index in [1.807, 2.05) is 24.3 Å². The van der Waals surface area contributed by atoms with Crippen molar-refractivity contribution in [2.45, 2.75) is 57.5 Å². The molecule has 116 valence electrons. The first-order chi connectivity index (χ1) is 10.2.